The second kappa shape index (κ2) is 18.2. The van der Waals surface area contributed by atoms with Gasteiger partial charge in [-0.1, -0.05) is 55.2 Å². The summed E-state index contributed by atoms with van der Waals surface area (Å²) >= 11 is 1.56. The van der Waals surface area contributed by atoms with Crippen molar-refractivity contribution in [3.8, 4) is 0 Å². The molecule has 0 bridgehead atoms. The van der Waals surface area contributed by atoms with Gasteiger partial charge in [0.25, 0.3) is 5.91 Å². The highest BCUT2D eigenvalue weighted by molar-refractivity contribution is 7.99. The van der Waals surface area contributed by atoms with Crippen LogP contribution in [0.1, 0.15) is 80.6 Å². The highest BCUT2D eigenvalue weighted by atomic mass is 32.2. The number of nitrogens with one attached hydrogen (secondary N) is 2. The van der Waals surface area contributed by atoms with Gasteiger partial charge in [0, 0.05) is 25.5 Å². The molecule has 3 atom stereocenters. The third kappa shape index (κ3) is 14.2. The lowest BCUT2D eigenvalue weighted by Gasteiger charge is -2.32. The average molecular weight is 509 g/mol. The molecule has 4 N–H and O–H groups in total. The van der Waals surface area contributed by atoms with E-state index < -0.39 is 18.0 Å². The van der Waals surface area contributed by atoms with Gasteiger partial charge in [-0.25, -0.2) is 5.84 Å². The molecule has 0 spiro atoms. The minimum Gasteiger partial charge on any atom is -0.342 e. The van der Waals surface area contributed by atoms with Crippen LogP contribution in [0.25, 0.3) is 0 Å². The maximum absolute atomic E-state index is 13.0. The van der Waals surface area contributed by atoms with Crippen LogP contribution in [0.15, 0.2) is 34.9 Å². The summed E-state index contributed by atoms with van der Waals surface area (Å²) < 4.78 is 0. The van der Waals surface area contributed by atoms with Gasteiger partial charge < -0.3 is 10.2 Å². The summed E-state index contributed by atoms with van der Waals surface area (Å²) in [6, 6.07) is -1.42. The molecule has 0 heterocycles. The van der Waals surface area contributed by atoms with Crippen molar-refractivity contribution >= 4 is 29.5 Å². The summed E-state index contributed by atoms with van der Waals surface area (Å²) in [6.45, 7) is 13.9. The van der Waals surface area contributed by atoms with Crippen molar-refractivity contribution in [1.82, 2.24) is 15.6 Å². The molecule has 0 aliphatic heterocycles. The van der Waals surface area contributed by atoms with Crippen molar-refractivity contribution in [2.45, 2.75) is 92.7 Å². The Bertz CT molecular complexity index is 772. The normalized spacial score (nSPS) is 14.5. The first-order chi connectivity index (χ1) is 16.4. The molecule has 200 valence electrons. The third-order valence-electron chi connectivity index (χ3n) is 6.10. The molecule has 0 aromatic rings. The van der Waals surface area contributed by atoms with Gasteiger partial charge >= 0.3 is 0 Å². The zero-order valence-corrected chi connectivity index (χ0v) is 23.9. The average Bonchev–Trinajstić information content (AvgIpc) is 2.79. The summed E-state index contributed by atoms with van der Waals surface area (Å²) in [5.74, 6) is 5.44. The number of carbonyl (C=O) groups is 3. The SMILES string of the molecule is CC[C@H](C)C(C(=O)N[C@@H](CSC/C=C(\C)CC/C=C(\C)CCC=C(C)C)C(=O)NN)N(C)C(C)=O. The molecule has 0 aromatic carbocycles. The zero-order chi connectivity index (χ0) is 27.0. The first-order valence-electron chi connectivity index (χ1n) is 12.5. The van der Waals surface area contributed by atoms with Crippen LogP contribution in [0.2, 0.25) is 0 Å². The Kier molecular flexibility index (Phi) is 17.2. The Morgan fingerprint density at radius 2 is 1.51 bits per heavy atom. The molecule has 0 aliphatic carbocycles. The van der Waals surface area contributed by atoms with Gasteiger partial charge in [-0.3, -0.25) is 19.8 Å². The number of hydrazine groups is 1. The number of likely N-dealkylation sites (N-methyl/N-ethyl adjacent to an activating group) is 1. The summed E-state index contributed by atoms with van der Waals surface area (Å²) in [7, 11) is 1.61. The van der Waals surface area contributed by atoms with Crippen LogP contribution in [0.5, 0.6) is 0 Å². The first kappa shape index (κ1) is 32.9. The fraction of sp³-hybridized carbons (Fsp3) is 0.667. The molecule has 0 rings (SSSR count). The molecule has 0 saturated heterocycles. The van der Waals surface area contributed by atoms with Gasteiger partial charge in [0.1, 0.15) is 12.1 Å². The van der Waals surface area contributed by atoms with E-state index in [-0.39, 0.29) is 17.7 Å². The number of rotatable bonds is 16. The van der Waals surface area contributed by atoms with E-state index in [0.29, 0.717) is 5.75 Å². The van der Waals surface area contributed by atoms with Gasteiger partial charge in [0.15, 0.2) is 0 Å². The molecule has 8 heteroatoms. The Balaban J connectivity index is 4.83. The van der Waals surface area contributed by atoms with E-state index in [0.717, 1.165) is 37.9 Å². The lowest BCUT2D eigenvalue weighted by molar-refractivity contribution is -0.140. The van der Waals surface area contributed by atoms with E-state index in [1.807, 2.05) is 13.8 Å². The van der Waals surface area contributed by atoms with E-state index in [1.165, 1.54) is 28.5 Å². The van der Waals surface area contributed by atoms with Gasteiger partial charge in [-0.05, 0) is 59.3 Å². The van der Waals surface area contributed by atoms with Crippen molar-refractivity contribution in [1.29, 1.82) is 0 Å². The van der Waals surface area contributed by atoms with Crippen molar-refractivity contribution in [3.63, 3.8) is 0 Å². The molecule has 3 amide bonds. The number of thioether (sulfide) groups is 1. The molecule has 0 fully saturated rings. The topological polar surface area (TPSA) is 105 Å². The maximum atomic E-state index is 13.0. The largest absolute Gasteiger partial charge is 0.342 e. The smallest absolute Gasteiger partial charge is 0.257 e. The van der Waals surface area contributed by atoms with Gasteiger partial charge in [0.2, 0.25) is 11.8 Å². The number of hydrogen-bond acceptors (Lipinski definition) is 5. The number of allylic oxidation sites excluding steroid dienone is 5. The van der Waals surface area contributed by atoms with Crippen molar-refractivity contribution in [2.24, 2.45) is 11.8 Å². The second-order valence-corrected chi connectivity index (χ2v) is 10.6. The molecule has 0 saturated carbocycles. The Labute approximate surface area is 217 Å². The van der Waals surface area contributed by atoms with Crippen LogP contribution in [0, 0.1) is 5.92 Å². The lowest BCUT2D eigenvalue weighted by atomic mass is 9.96. The molecule has 0 aliphatic rings. The number of hydrogen-bond donors (Lipinski definition) is 3. The highest BCUT2D eigenvalue weighted by Crippen LogP contribution is 2.16. The fourth-order valence-electron chi connectivity index (χ4n) is 3.50. The number of carbonyl (C=O) groups excluding carboxylic acids is 3. The monoisotopic (exact) mass is 508 g/mol. The Morgan fingerprint density at radius 1 is 0.943 bits per heavy atom. The molecule has 0 radical (unpaired) electrons. The minimum absolute atomic E-state index is 0.0476. The van der Waals surface area contributed by atoms with E-state index in [9.17, 15) is 14.4 Å². The van der Waals surface area contributed by atoms with Crippen LogP contribution in [0.4, 0.5) is 0 Å². The number of amides is 3. The predicted octanol–water partition coefficient (Wildman–Crippen LogP) is 4.51. The molecular formula is C27H48N4O3S. The number of nitrogens with two attached hydrogens (primary N) is 1. The van der Waals surface area contributed by atoms with Crippen LogP contribution >= 0.6 is 11.8 Å². The van der Waals surface area contributed by atoms with Crippen LogP contribution in [-0.4, -0.2) is 53.3 Å². The van der Waals surface area contributed by atoms with E-state index in [4.69, 9.17) is 5.84 Å². The molecule has 7 nitrogen and oxygen atoms in total. The van der Waals surface area contributed by atoms with Crippen molar-refractivity contribution in [2.75, 3.05) is 18.6 Å². The predicted molar refractivity (Wildman–Crippen MR) is 149 cm³/mol. The standard InChI is InChI=1S/C27H48N4O3S/c1-9-22(6)25(31(8)23(7)32)27(34)29-24(26(33)30-28)18-35-17-16-21(5)15-11-14-20(4)13-10-12-19(2)3/h12,14,16,22,24-25H,9-11,13,15,17-18,28H2,1-8H3,(H,29,34)(H,30,33)/b20-14+,21-16+/t22-,24-,25?/m0/s1. The van der Waals surface area contributed by atoms with E-state index >= 15 is 0 Å². The van der Waals surface area contributed by atoms with Crippen molar-refractivity contribution < 1.29 is 14.4 Å². The highest BCUT2D eigenvalue weighted by Gasteiger charge is 2.32. The summed E-state index contributed by atoms with van der Waals surface area (Å²) in [5.41, 5.74) is 6.22. The molecule has 1 unspecified atom stereocenters. The third-order valence-corrected chi connectivity index (χ3v) is 7.07. The maximum Gasteiger partial charge on any atom is 0.257 e. The van der Waals surface area contributed by atoms with E-state index in [1.54, 1.807) is 18.8 Å². The fourth-order valence-corrected chi connectivity index (χ4v) is 4.51. The summed E-state index contributed by atoms with van der Waals surface area (Å²) in [4.78, 5) is 38.6. The van der Waals surface area contributed by atoms with Gasteiger partial charge in [-0.2, -0.15) is 11.8 Å². The van der Waals surface area contributed by atoms with Gasteiger partial charge in [-0.15, -0.1) is 0 Å². The zero-order valence-electron chi connectivity index (χ0n) is 23.1. The first-order valence-corrected chi connectivity index (χ1v) is 13.7. The number of nitrogens with zero attached hydrogens (tertiary/aromatic N) is 1. The minimum atomic E-state index is -0.774. The van der Waals surface area contributed by atoms with Crippen LogP contribution < -0.4 is 16.6 Å². The molecule has 35 heavy (non-hydrogen) atoms. The molecular weight excluding hydrogens is 460 g/mol. The van der Waals surface area contributed by atoms with Crippen LogP contribution in [-0.2, 0) is 14.4 Å². The molecule has 0 aromatic heterocycles. The Hall–Kier alpha value is -2.06. The Morgan fingerprint density at radius 3 is 2.03 bits per heavy atom. The lowest BCUT2D eigenvalue weighted by Crippen LogP contribution is -2.57. The van der Waals surface area contributed by atoms with Crippen molar-refractivity contribution in [3.05, 3.63) is 34.9 Å². The second-order valence-electron chi connectivity index (χ2n) is 9.53. The van der Waals surface area contributed by atoms with Gasteiger partial charge in [0.05, 0.1) is 0 Å². The van der Waals surface area contributed by atoms with Crippen LogP contribution in [0.3, 0.4) is 0 Å². The van der Waals surface area contributed by atoms with E-state index in [2.05, 4.69) is 56.7 Å². The summed E-state index contributed by atoms with van der Waals surface area (Å²) in [6.07, 6.45) is 11.7. The summed E-state index contributed by atoms with van der Waals surface area (Å²) in [5, 5.41) is 2.80. The quantitative estimate of drug-likeness (QED) is 0.0936.